The highest BCUT2D eigenvalue weighted by molar-refractivity contribution is 6.30. The van der Waals surface area contributed by atoms with E-state index in [1.807, 2.05) is 12.1 Å². The summed E-state index contributed by atoms with van der Waals surface area (Å²) in [6, 6.07) is 30.3. The van der Waals surface area contributed by atoms with E-state index in [1.54, 1.807) is 91.0 Å². The molecule has 1 amide bonds. The molecule has 0 heterocycles. The molecule has 6 heteroatoms. The molecule has 4 aromatic carbocycles. The van der Waals surface area contributed by atoms with Crippen LogP contribution in [0.25, 0.3) is 0 Å². The molecule has 0 aromatic heterocycles. The number of benzene rings is 4. The minimum Gasteiger partial charge on any atom is -0.445 e. The average molecular weight is 470 g/mol. The van der Waals surface area contributed by atoms with Crippen molar-refractivity contribution in [2.24, 2.45) is 0 Å². The van der Waals surface area contributed by atoms with Crippen molar-refractivity contribution in [2.75, 3.05) is 5.32 Å². The standard InChI is InChI=1S/C28H20ClNO4/c29-23-16-14-19(15-17-23)25(31)26(20-8-3-1-4-9-20)34-28(33)22-12-7-13-24(18-22)30-27(32)21-10-5-2-6-11-21/h1-18,26H,(H,30,32)/t26-/m1/s1. The van der Waals surface area contributed by atoms with Crippen molar-refractivity contribution in [2.45, 2.75) is 6.10 Å². The molecule has 0 bridgehead atoms. The third-order valence-corrected chi connectivity index (χ3v) is 5.34. The van der Waals surface area contributed by atoms with E-state index < -0.39 is 12.1 Å². The monoisotopic (exact) mass is 469 g/mol. The van der Waals surface area contributed by atoms with Gasteiger partial charge in [0.05, 0.1) is 5.56 Å². The zero-order chi connectivity index (χ0) is 23.9. The predicted octanol–water partition coefficient (Wildman–Crippen LogP) is 6.37. The lowest BCUT2D eigenvalue weighted by molar-refractivity contribution is 0.0280. The van der Waals surface area contributed by atoms with Crippen molar-refractivity contribution < 1.29 is 19.1 Å². The van der Waals surface area contributed by atoms with E-state index in [9.17, 15) is 14.4 Å². The van der Waals surface area contributed by atoms with Crippen LogP contribution in [0.3, 0.4) is 0 Å². The van der Waals surface area contributed by atoms with E-state index in [4.69, 9.17) is 16.3 Å². The fraction of sp³-hybridized carbons (Fsp3) is 0.0357. The van der Waals surface area contributed by atoms with Crippen LogP contribution >= 0.6 is 11.6 Å². The molecular formula is C28H20ClNO4. The van der Waals surface area contributed by atoms with E-state index in [0.29, 0.717) is 27.4 Å². The molecule has 4 rings (SSSR count). The number of carbonyl (C=O) groups excluding carboxylic acids is 3. The number of anilines is 1. The highest BCUT2D eigenvalue weighted by atomic mass is 35.5. The van der Waals surface area contributed by atoms with E-state index in [0.717, 1.165) is 0 Å². The summed E-state index contributed by atoms with van der Waals surface area (Å²) in [6.07, 6.45) is -1.14. The lowest BCUT2D eigenvalue weighted by Gasteiger charge is -2.18. The van der Waals surface area contributed by atoms with Crippen LogP contribution in [0, 0.1) is 0 Å². The van der Waals surface area contributed by atoms with Gasteiger partial charge in [-0.15, -0.1) is 0 Å². The molecule has 0 aliphatic carbocycles. The van der Waals surface area contributed by atoms with Gasteiger partial charge in [-0.25, -0.2) is 4.79 Å². The molecule has 1 atom stereocenters. The Morgan fingerprint density at radius 1 is 0.676 bits per heavy atom. The normalized spacial score (nSPS) is 11.3. The van der Waals surface area contributed by atoms with Gasteiger partial charge in [0.1, 0.15) is 0 Å². The first-order valence-electron chi connectivity index (χ1n) is 10.5. The molecule has 4 aromatic rings. The molecule has 0 unspecified atom stereocenters. The molecule has 0 fully saturated rings. The van der Waals surface area contributed by atoms with Crippen LogP contribution < -0.4 is 5.32 Å². The van der Waals surface area contributed by atoms with Gasteiger partial charge in [-0.05, 0) is 54.6 Å². The van der Waals surface area contributed by atoms with Gasteiger partial charge >= 0.3 is 5.97 Å². The predicted molar refractivity (Wildman–Crippen MR) is 131 cm³/mol. The number of hydrogen-bond acceptors (Lipinski definition) is 4. The van der Waals surface area contributed by atoms with Gasteiger partial charge < -0.3 is 10.1 Å². The summed E-state index contributed by atoms with van der Waals surface area (Å²) in [5, 5.41) is 3.27. The Morgan fingerprint density at radius 3 is 1.97 bits per heavy atom. The molecule has 0 radical (unpaired) electrons. The van der Waals surface area contributed by atoms with Crippen LogP contribution in [0.1, 0.15) is 42.7 Å². The fourth-order valence-electron chi connectivity index (χ4n) is 3.36. The molecule has 0 saturated carbocycles. The summed E-state index contributed by atoms with van der Waals surface area (Å²) in [6.45, 7) is 0. The van der Waals surface area contributed by atoms with E-state index in [-0.39, 0.29) is 17.3 Å². The Labute approximate surface area is 202 Å². The molecule has 34 heavy (non-hydrogen) atoms. The molecule has 0 saturated heterocycles. The van der Waals surface area contributed by atoms with Gasteiger partial charge in [-0.2, -0.15) is 0 Å². The van der Waals surface area contributed by atoms with Crippen molar-refractivity contribution in [3.8, 4) is 0 Å². The average Bonchev–Trinajstić information content (AvgIpc) is 2.88. The maximum Gasteiger partial charge on any atom is 0.339 e. The second-order valence-corrected chi connectivity index (χ2v) is 7.90. The summed E-state index contributed by atoms with van der Waals surface area (Å²) in [4.78, 5) is 38.7. The molecular weight excluding hydrogens is 450 g/mol. The van der Waals surface area contributed by atoms with Crippen LogP contribution in [0.15, 0.2) is 109 Å². The number of halogens is 1. The Hall–Kier alpha value is -4.22. The first-order chi connectivity index (χ1) is 16.5. The van der Waals surface area contributed by atoms with Crippen LogP contribution in [-0.2, 0) is 4.74 Å². The quantitative estimate of drug-likeness (QED) is 0.252. The van der Waals surface area contributed by atoms with Gasteiger partial charge in [0.2, 0.25) is 5.78 Å². The topological polar surface area (TPSA) is 72.5 Å². The Bertz CT molecular complexity index is 1310. The number of amides is 1. The van der Waals surface area contributed by atoms with E-state index >= 15 is 0 Å². The Morgan fingerprint density at radius 2 is 1.29 bits per heavy atom. The molecule has 0 aliphatic rings. The fourth-order valence-corrected chi connectivity index (χ4v) is 3.48. The molecule has 5 nitrogen and oxygen atoms in total. The number of rotatable bonds is 7. The number of nitrogens with one attached hydrogen (secondary N) is 1. The van der Waals surface area contributed by atoms with Gasteiger partial charge in [0.25, 0.3) is 5.91 Å². The minimum atomic E-state index is -1.14. The van der Waals surface area contributed by atoms with Crippen molar-refractivity contribution in [1.82, 2.24) is 0 Å². The first-order valence-corrected chi connectivity index (χ1v) is 10.9. The van der Waals surface area contributed by atoms with Gasteiger partial charge in [-0.1, -0.05) is 66.2 Å². The number of hydrogen-bond donors (Lipinski definition) is 1. The third-order valence-electron chi connectivity index (χ3n) is 5.09. The number of Topliss-reactive ketones (excluding diaryl/α,β-unsaturated/α-hetero) is 1. The Balaban J connectivity index is 1.56. The van der Waals surface area contributed by atoms with Gasteiger partial charge in [-0.3, -0.25) is 9.59 Å². The lowest BCUT2D eigenvalue weighted by atomic mass is 9.99. The maximum absolute atomic E-state index is 13.2. The largest absolute Gasteiger partial charge is 0.445 e. The first kappa shape index (κ1) is 23.0. The second-order valence-electron chi connectivity index (χ2n) is 7.47. The number of carbonyl (C=O) groups is 3. The summed E-state index contributed by atoms with van der Waals surface area (Å²) < 4.78 is 5.68. The van der Waals surface area contributed by atoms with Crippen molar-refractivity contribution >= 4 is 34.9 Å². The lowest BCUT2D eigenvalue weighted by Crippen LogP contribution is -2.20. The molecule has 0 aliphatic heterocycles. The number of ketones is 1. The summed E-state index contributed by atoms with van der Waals surface area (Å²) in [5.74, 6) is -1.36. The summed E-state index contributed by atoms with van der Waals surface area (Å²) >= 11 is 5.94. The van der Waals surface area contributed by atoms with Gasteiger partial charge in [0, 0.05) is 27.4 Å². The maximum atomic E-state index is 13.2. The SMILES string of the molecule is O=C(Nc1cccc(C(=O)O[C@@H](C(=O)c2ccc(Cl)cc2)c2ccccc2)c1)c1ccccc1. The second kappa shape index (κ2) is 10.6. The highest BCUT2D eigenvalue weighted by Gasteiger charge is 2.27. The Kier molecular flexibility index (Phi) is 7.16. The highest BCUT2D eigenvalue weighted by Crippen LogP contribution is 2.25. The third kappa shape index (κ3) is 5.57. The van der Waals surface area contributed by atoms with E-state index in [2.05, 4.69) is 5.32 Å². The summed E-state index contributed by atoms with van der Waals surface area (Å²) in [7, 11) is 0. The molecule has 1 N–H and O–H groups in total. The molecule has 168 valence electrons. The number of esters is 1. The zero-order valence-corrected chi connectivity index (χ0v) is 18.7. The van der Waals surface area contributed by atoms with Crippen LogP contribution in [-0.4, -0.2) is 17.7 Å². The van der Waals surface area contributed by atoms with Gasteiger partial charge in [0.15, 0.2) is 6.10 Å². The zero-order valence-electron chi connectivity index (χ0n) is 18.0. The van der Waals surface area contributed by atoms with Crippen LogP contribution in [0.2, 0.25) is 5.02 Å². The minimum absolute atomic E-state index is 0.204. The summed E-state index contributed by atoms with van der Waals surface area (Å²) in [5.41, 5.74) is 2.05. The van der Waals surface area contributed by atoms with Crippen molar-refractivity contribution in [3.05, 3.63) is 136 Å². The molecule has 0 spiro atoms. The van der Waals surface area contributed by atoms with Crippen molar-refractivity contribution in [3.63, 3.8) is 0 Å². The van der Waals surface area contributed by atoms with E-state index in [1.165, 1.54) is 6.07 Å². The van der Waals surface area contributed by atoms with Crippen LogP contribution in [0.5, 0.6) is 0 Å². The van der Waals surface area contributed by atoms with Crippen LogP contribution in [0.4, 0.5) is 5.69 Å². The smallest absolute Gasteiger partial charge is 0.339 e. The number of ether oxygens (including phenoxy) is 1. The van der Waals surface area contributed by atoms with Crippen molar-refractivity contribution in [1.29, 1.82) is 0 Å².